The van der Waals surface area contributed by atoms with Gasteiger partial charge in [0, 0.05) is 0 Å². The molecule has 0 fully saturated rings. The molecule has 0 unspecified atom stereocenters. The van der Waals surface area contributed by atoms with Gasteiger partial charge in [-0.3, -0.25) is 0 Å². The number of hydrogen-bond donors (Lipinski definition) is 0. The molecule has 0 rings (SSSR count). The zero-order chi connectivity index (χ0) is 5.70. The Labute approximate surface area is 99.3 Å². The third-order valence-corrected chi connectivity index (χ3v) is 1.13. The van der Waals surface area contributed by atoms with Gasteiger partial charge in [-0.15, -0.1) is 0 Å². The van der Waals surface area contributed by atoms with Crippen molar-refractivity contribution in [2.45, 2.75) is 6.92 Å². The van der Waals surface area contributed by atoms with Gasteiger partial charge in [0.2, 0.25) is 0 Å². The van der Waals surface area contributed by atoms with E-state index in [2.05, 4.69) is 6.58 Å². The number of rotatable bonds is 2. The summed E-state index contributed by atoms with van der Waals surface area (Å²) < 4.78 is 0. The zero-order valence-corrected chi connectivity index (χ0v) is 9.42. The molecule has 0 bridgehead atoms. The van der Waals surface area contributed by atoms with Gasteiger partial charge in [0.1, 0.15) is 0 Å². The average molecular weight is 152 g/mol. The summed E-state index contributed by atoms with van der Waals surface area (Å²) in [6.07, 6.45) is 3.76. The van der Waals surface area contributed by atoms with E-state index in [9.17, 15) is 0 Å². The molecule has 0 saturated heterocycles. The Morgan fingerprint density at radius 1 is 1.75 bits per heavy atom. The SMILES string of the molecule is C=C/C(=C\C)C[S-].[K+]. The van der Waals surface area contributed by atoms with E-state index in [0.29, 0.717) is 5.75 Å². The normalized spacial score (nSPS) is 10.0. The molecule has 0 aliphatic carbocycles. The summed E-state index contributed by atoms with van der Waals surface area (Å²) in [5.74, 6) is 0.681. The zero-order valence-electron chi connectivity index (χ0n) is 5.48. The van der Waals surface area contributed by atoms with Gasteiger partial charge in [0.05, 0.1) is 0 Å². The van der Waals surface area contributed by atoms with E-state index in [-0.39, 0.29) is 51.4 Å². The average Bonchev–Trinajstić information content (AvgIpc) is 1.72. The summed E-state index contributed by atoms with van der Waals surface area (Å²) in [5, 5.41) is 0. The number of allylic oxidation sites excluding steroid dienone is 2. The molecule has 0 N–H and O–H groups in total. The maximum atomic E-state index is 4.73. The molecule has 0 nitrogen and oxygen atoms in total. The van der Waals surface area contributed by atoms with Crippen molar-refractivity contribution in [3.63, 3.8) is 0 Å². The molecule has 0 atom stereocenters. The quantitative estimate of drug-likeness (QED) is 0.268. The molecular formula is C6H9KS. The molecule has 0 amide bonds. The largest absolute Gasteiger partial charge is 1.00 e. The molecule has 0 aliphatic rings. The van der Waals surface area contributed by atoms with Crippen LogP contribution in [-0.4, -0.2) is 5.75 Å². The van der Waals surface area contributed by atoms with E-state index in [1.165, 1.54) is 0 Å². The van der Waals surface area contributed by atoms with Crippen LogP contribution in [-0.2, 0) is 12.6 Å². The van der Waals surface area contributed by atoms with Gasteiger partial charge in [0.25, 0.3) is 0 Å². The van der Waals surface area contributed by atoms with Gasteiger partial charge in [-0.1, -0.05) is 24.3 Å². The van der Waals surface area contributed by atoms with Crippen LogP contribution in [0, 0.1) is 0 Å². The summed E-state index contributed by atoms with van der Waals surface area (Å²) in [6, 6.07) is 0. The molecule has 0 aromatic rings. The van der Waals surface area contributed by atoms with Crippen LogP contribution in [0.1, 0.15) is 6.92 Å². The van der Waals surface area contributed by atoms with Gasteiger partial charge < -0.3 is 12.6 Å². The standard InChI is InChI=1S/C6H10S.K/c1-3-6(4-2)5-7;/h3-4,7H,1,5H2,2H3;/q;+1/p-1/b6-4+;. The molecule has 0 aromatic heterocycles. The summed E-state index contributed by atoms with van der Waals surface area (Å²) in [6.45, 7) is 5.53. The maximum Gasteiger partial charge on any atom is 1.00 e. The van der Waals surface area contributed by atoms with Gasteiger partial charge in [-0.25, -0.2) is 0 Å². The molecule has 0 spiro atoms. The summed E-state index contributed by atoms with van der Waals surface area (Å²) in [7, 11) is 0. The van der Waals surface area contributed by atoms with Gasteiger partial charge in [-0.05, 0) is 6.92 Å². The molecular weight excluding hydrogens is 143 g/mol. The van der Waals surface area contributed by atoms with Crippen molar-refractivity contribution >= 4 is 12.6 Å². The Morgan fingerprint density at radius 2 is 2.25 bits per heavy atom. The van der Waals surface area contributed by atoms with E-state index in [1.54, 1.807) is 6.08 Å². The second kappa shape index (κ2) is 8.47. The second-order valence-electron chi connectivity index (χ2n) is 1.21. The smallest absolute Gasteiger partial charge is 0.788 e. The minimum absolute atomic E-state index is 0. The van der Waals surface area contributed by atoms with Crippen molar-refractivity contribution in [2.75, 3.05) is 5.75 Å². The summed E-state index contributed by atoms with van der Waals surface area (Å²) in [5.41, 5.74) is 1.13. The fourth-order valence-electron chi connectivity index (χ4n) is 0.260. The van der Waals surface area contributed by atoms with Crippen LogP contribution in [0.2, 0.25) is 0 Å². The fourth-order valence-corrected chi connectivity index (χ4v) is 0.545. The first-order chi connectivity index (χ1) is 3.35. The van der Waals surface area contributed by atoms with Crippen molar-refractivity contribution in [1.29, 1.82) is 0 Å². The van der Waals surface area contributed by atoms with E-state index in [0.717, 1.165) is 5.57 Å². The van der Waals surface area contributed by atoms with Crippen molar-refractivity contribution in [3.05, 3.63) is 24.3 Å². The van der Waals surface area contributed by atoms with Gasteiger partial charge in [-0.2, -0.15) is 5.75 Å². The Balaban J connectivity index is 0. The monoisotopic (exact) mass is 152 g/mol. The van der Waals surface area contributed by atoms with Crippen LogP contribution in [0.5, 0.6) is 0 Å². The predicted molar refractivity (Wildman–Crippen MR) is 36.2 cm³/mol. The van der Waals surface area contributed by atoms with Crippen LogP contribution in [0.15, 0.2) is 24.3 Å². The summed E-state index contributed by atoms with van der Waals surface area (Å²) in [4.78, 5) is 0. The molecule has 0 aromatic carbocycles. The first-order valence-corrected chi connectivity index (χ1v) is 2.78. The molecule has 0 radical (unpaired) electrons. The van der Waals surface area contributed by atoms with Crippen LogP contribution < -0.4 is 51.4 Å². The Hall–Kier alpha value is 1.47. The topological polar surface area (TPSA) is 0 Å². The first kappa shape index (κ1) is 12.2. The summed E-state index contributed by atoms with van der Waals surface area (Å²) >= 11 is 4.73. The van der Waals surface area contributed by atoms with Gasteiger partial charge >= 0.3 is 51.4 Å². The Kier molecular flexibility index (Phi) is 12.9. The molecule has 0 aliphatic heterocycles. The van der Waals surface area contributed by atoms with Gasteiger partial charge in [0.15, 0.2) is 0 Å². The fraction of sp³-hybridized carbons (Fsp3) is 0.333. The van der Waals surface area contributed by atoms with Crippen molar-refractivity contribution in [2.24, 2.45) is 0 Å². The van der Waals surface area contributed by atoms with Crippen LogP contribution >= 0.6 is 0 Å². The molecule has 0 saturated carbocycles. The van der Waals surface area contributed by atoms with Crippen molar-refractivity contribution in [1.82, 2.24) is 0 Å². The van der Waals surface area contributed by atoms with E-state index >= 15 is 0 Å². The van der Waals surface area contributed by atoms with E-state index in [1.807, 2.05) is 13.0 Å². The van der Waals surface area contributed by atoms with Crippen LogP contribution in [0.3, 0.4) is 0 Å². The molecule has 8 heavy (non-hydrogen) atoms. The number of hydrogen-bond acceptors (Lipinski definition) is 1. The minimum atomic E-state index is 0. The molecule has 40 valence electrons. The first-order valence-electron chi connectivity index (χ1n) is 2.21. The van der Waals surface area contributed by atoms with Crippen molar-refractivity contribution in [3.8, 4) is 0 Å². The maximum absolute atomic E-state index is 4.73. The third kappa shape index (κ3) is 5.60. The van der Waals surface area contributed by atoms with Crippen LogP contribution in [0.25, 0.3) is 0 Å². The predicted octanol–water partition coefficient (Wildman–Crippen LogP) is -1.33. The molecule has 2 heteroatoms. The Bertz CT molecular complexity index is 86.5. The van der Waals surface area contributed by atoms with Crippen LogP contribution in [0.4, 0.5) is 0 Å². The Morgan fingerprint density at radius 3 is 2.25 bits per heavy atom. The van der Waals surface area contributed by atoms with E-state index < -0.39 is 0 Å². The molecule has 0 heterocycles. The second-order valence-corrected chi connectivity index (χ2v) is 1.50. The minimum Gasteiger partial charge on any atom is -0.788 e. The third-order valence-electron chi connectivity index (χ3n) is 0.800. The van der Waals surface area contributed by atoms with Crippen molar-refractivity contribution < 1.29 is 51.4 Å². The van der Waals surface area contributed by atoms with E-state index in [4.69, 9.17) is 12.6 Å².